The van der Waals surface area contributed by atoms with Gasteiger partial charge < -0.3 is 10.5 Å². The molecule has 0 aliphatic rings. The van der Waals surface area contributed by atoms with Crippen LogP contribution in [-0.4, -0.2) is 6.61 Å². The molecule has 0 atom stereocenters. The Morgan fingerprint density at radius 2 is 2.31 bits per heavy atom. The van der Waals surface area contributed by atoms with Gasteiger partial charge in [-0.05, 0) is 19.1 Å². The zero-order chi connectivity index (χ0) is 9.68. The zero-order valence-electron chi connectivity index (χ0n) is 7.58. The van der Waals surface area contributed by atoms with Crippen molar-refractivity contribution in [2.45, 2.75) is 13.5 Å². The van der Waals surface area contributed by atoms with Crippen LogP contribution in [0.1, 0.15) is 18.1 Å². The highest BCUT2D eigenvalue weighted by molar-refractivity contribution is 5.42. The second kappa shape index (κ2) is 4.48. The standard InChI is InChI=1S/C10H12N2O/c1-2-13-10-5-8(6-11)3-4-9(10)7-12/h3-5H,2,7,12H2,1H3. The van der Waals surface area contributed by atoms with E-state index in [9.17, 15) is 0 Å². The molecule has 0 spiro atoms. The van der Waals surface area contributed by atoms with E-state index in [-0.39, 0.29) is 0 Å². The summed E-state index contributed by atoms with van der Waals surface area (Å²) in [4.78, 5) is 0. The average Bonchev–Trinajstić information content (AvgIpc) is 2.18. The van der Waals surface area contributed by atoms with Crippen molar-refractivity contribution in [3.05, 3.63) is 29.3 Å². The van der Waals surface area contributed by atoms with E-state index in [1.165, 1.54) is 0 Å². The molecule has 0 radical (unpaired) electrons. The molecule has 2 N–H and O–H groups in total. The van der Waals surface area contributed by atoms with Gasteiger partial charge in [0.2, 0.25) is 0 Å². The number of ether oxygens (including phenoxy) is 1. The maximum Gasteiger partial charge on any atom is 0.125 e. The number of hydrogen-bond acceptors (Lipinski definition) is 3. The van der Waals surface area contributed by atoms with Gasteiger partial charge in [-0.15, -0.1) is 0 Å². The van der Waals surface area contributed by atoms with Crippen LogP contribution < -0.4 is 10.5 Å². The Morgan fingerprint density at radius 3 is 2.85 bits per heavy atom. The summed E-state index contributed by atoms with van der Waals surface area (Å²) in [7, 11) is 0. The van der Waals surface area contributed by atoms with Crippen molar-refractivity contribution in [3.63, 3.8) is 0 Å². The third-order valence-corrected chi connectivity index (χ3v) is 1.72. The lowest BCUT2D eigenvalue weighted by Crippen LogP contribution is -2.02. The summed E-state index contributed by atoms with van der Waals surface area (Å²) in [5.74, 6) is 0.712. The van der Waals surface area contributed by atoms with Crippen molar-refractivity contribution in [1.29, 1.82) is 5.26 Å². The normalized spacial score (nSPS) is 9.31. The molecule has 0 saturated carbocycles. The lowest BCUT2D eigenvalue weighted by atomic mass is 10.1. The monoisotopic (exact) mass is 176 g/mol. The fourth-order valence-electron chi connectivity index (χ4n) is 1.08. The van der Waals surface area contributed by atoms with Crippen LogP contribution in [0.15, 0.2) is 18.2 Å². The predicted octanol–water partition coefficient (Wildman–Crippen LogP) is 1.42. The van der Waals surface area contributed by atoms with E-state index in [0.717, 1.165) is 5.56 Å². The largest absolute Gasteiger partial charge is 0.493 e. The quantitative estimate of drug-likeness (QED) is 0.757. The molecular formula is C10H12N2O. The summed E-state index contributed by atoms with van der Waals surface area (Å²) in [6, 6.07) is 7.33. The Morgan fingerprint density at radius 1 is 1.54 bits per heavy atom. The van der Waals surface area contributed by atoms with E-state index in [1.54, 1.807) is 12.1 Å². The van der Waals surface area contributed by atoms with Gasteiger partial charge in [-0.3, -0.25) is 0 Å². The molecule has 0 aliphatic carbocycles. The van der Waals surface area contributed by atoms with Crippen LogP contribution in [-0.2, 0) is 6.54 Å². The molecule has 0 aliphatic heterocycles. The van der Waals surface area contributed by atoms with Crippen LogP contribution in [0.4, 0.5) is 0 Å². The Bertz CT molecular complexity index is 328. The van der Waals surface area contributed by atoms with Crippen molar-refractivity contribution < 1.29 is 4.74 Å². The van der Waals surface area contributed by atoms with Gasteiger partial charge in [0.25, 0.3) is 0 Å². The van der Waals surface area contributed by atoms with Gasteiger partial charge in [0.05, 0.1) is 18.2 Å². The molecule has 3 heteroatoms. The van der Waals surface area contributed by atoms with E-state index < -0.39 is 0 Å². The van der Waals surface area contributed by atoms with Crippen LogP contribution >= 0.6 is 0 Å². The summed E-state index contributed by atoms with van der Waals surface area (Å²) in [5, 5.41) is 8.66. The molecule has 68 valence electrons. The van der Waals surface area contributed by atoms with Gasteiger partial charge in [0, 0.05) is 12.1 Å². The fourth-order valence-corrected chi connectivity index (χ4v) is 1.08. The average molecular weight is 176 g/mol. The molecule has 0 aromatic heterocycles. The number of rotatable bonds is 3. The minimum absolute atomic E-state index is 0.432. The van der Waals surface area contributed by atoms with E-state index >= 15 is 0 Å². The smallest absolute Gasteiger partial charge is 0.125 e. The van der Waals surface area contributed by atoms with Crippen LogP contribution in [0.5, 0.6) is 5.75 Å². The van der Waals surface area contributed by atoms with Crippen LogP contribution in [0.3, 0.4) is 0 Å². The molecule has 1 rings (SSSR count). The number of nitrogens with two attached hydrogens (primary N) is 1. The van der Waals surface area contributed by atoms with Gasteiger partial charge in [-0.25, -0.2) is 0 Å². The highest BCUT2D eigenvalue weighted by atomic mass is 16.5. The SMILES string of the molecule is CCOc1cc(C#N)ccc1CN. The fraction of sp³-hybridized carbons (Fsp3) is 0.300. The molecule has 0 fully saturated rings. The Hall–Kier alpha value is -1.53. The minimum Gasteiger partial charge on any atom is -0.493 e. The van der Waals surface area contributed by atoms with E-state index in [2.05, 4.69) is 6.07 Å². The molecule has 0 amide bonds. The van der Waals surface area contributed by atoms with Gasteiger partial charge in [0.1, 0.15) is 5.75 Å². The lowest BCUT2D eigenvalue weighted by molar-refractivity contribution is 0.336. The van der Waals surface area contributed by atoms with E-state index in [1.807, 2.05) is 13.0 Å². The zero-order valence-corrected chi connectivity index (χ0v) is 7.58. The lowest BCUT2D eigenvalue weighted by Gasteiger charge is -2.08. The van der Waals surface area contributed by atoms with Crippen molar-refractivity contribution in [2.75, 3.05) is 6.61 Å². The summed E-state index contributed by atoms with van der Waals surface area (Å²) in [5.41, 5.74) is 7.04. The van der Waals surface area contributed by atoms with Crippen LogP contribution in [0.25, 0.3) is 0 Å². The molecule has 3 nitrogen and oxygen atoms in total. The molecule has 0 bridgehead atoms. The first kappa shape index (κ1) is 9.56. The summed E-state index contributed by atoms with van der Waals surface area (Å²) >= 11 is 0. The van der Waals surface area contributed by atoms with Crippen molar-refractivity contribution in [3.8, 4) is 11.8 Å². The molecule has 1 aromatic rings. The Kier molecular flexibility index (Phi) is 3.30. The highest BCUT2D eigenvalue weighted by Crippen LogP contribution is 2.19. The van der Waals surface area contributed by atoms with Gasteiger partial charge in [-0.2, -0.15) is 5.26 Å². The third-order valence-electron chi connectivity index (χ3n) is 1.72. The Balaban J connectivity index is 3.04. The van der Waals surface area contributed by atoms with Gasteiger partial charge in [0.15, 0.2) is 0 Å². The second-order valence-electron chi connectivity index (χ2n) is 2.57. The van der Waals surface area contributed by atoms with Crippen molar-refractivity contribution in [2.24, 2.45) is 5.73 Å². The third kappa shape index (κ3) is 2.20. The minimum atomic E-state index is 0.432. The summed E-state index contributed by atoms with van der Waals surface area (Å²) < 4.78 is 5.34. The van der Waals surface area contributed by atoms with E-state index in [0.29, 0.717) is 24.5 Å². The second-order valence-corrected chi connectivity index (χ2v) is 2.57. The van der Waals surface area contributed by atoms with Crippen molar-refractivity contribution in [1.82, 2.24) is 0 Å². The molecule has 0 unspecified atom stereocenters. The van der Waals surface area contributed by atoms with Gasteiger partial charge in [-0.1, -0.05) is 6.07 Å². The number of nitriles is 1. The number of nitrogens with zero attached hydrogens (tertiary/aromatic N) is 1. The number of benzene rings is 1. The first-order chi connectivity index (χ1) is 6.31. The van der Waals surface area contributed by atoms with Crippen molar-refractivity contribution >= 4 is 0 Å². The van der Waals surface area contributed by atoms with Crippen LogP contribution in [0.2, 0.25) is 0 Å². The molecular weight excluding hydrogens is 164 g/mol. The van der Waals surface area contributed by atoms with Gasteiger partial charge >= 0.3 is 0 Å². The molecule has 0 heterocycles. The molecule has 0 saturated heterocycles. The van der Waals surface area contributed by atoms with Crippen LogP contribution in [0, 0.1) is 11.3 Å². The number of hydrogen-bond donors (Lipinski definition) is 1. The first-order valence-electron chi connectivity index (χ1n) is 4.17. The first-order valence-corrected chi connectivity index (χ1v) is 4.17. The summed E-state index contributed by atoms with van der Waals surface area (Å²) in [6.07, 6.45) is 0. The Labute approximate surface area is 77.7 Å². The predicted molar refractivity (Wildman–Crippen MR) is 50.2 cm³/mol. The topological polar surface area (TPSA) is 59.0 Å². The maximum atomic E-state index is 8.66. The maximum absolute atomic E-state index is 8.66. The highest BCUT2D eigenvalue weighted by Gasteiger charge is 2.02. The molecule has 13 heavy (non-hydrogen) atoms. The summed E-state index contributed by atoms with van der Waals surface area (Å²) in [6.45, 7) is 2.92. The van der Waals surface area contributed by atoms with E-state index in [4.69, 9.17) is 15.7 Å². The molecule has 1 aromatic carbocycles.